The lowest BCUT2D eigenvalue weighted by atomic mass is 10.1. The highest BCUT2D eigenvalue weighted by molar-refractivity contribution is 6.00. The molecule has 0 unspecified atom stereocenters. The lowest BCUT2D eigenvalue weighted by Crippen LogP contribution is -2.13. The molecule has 0 spiro atoms. The SMILES string of the molecule is O=C(CCC(=O)c1ccccc1)Nc1ccccc1O. The van der Waals surface area contributed by atoms with Gasteiger partial charge in [0.25, 0.3) is 0 Å². The molecule has 4 nitrogen and oxygen atoms in total. The molecule has 2 N–H and O–H groups in total. The Balaban J connectivity index is 1.87. The summed E-state index contributed by atoms with van der Waals surface area (Å²) < 4.78 is 0. The number of para-hydroxylation sites is 2. The van der Waals surface area contributed by atoms with Crippen LogP contribution < -0.4 is 5.32 Å². The molecule has 102 valence electrons. The lowest BCUT2D eigenvalue weighted by molar-refractivity contribution is -0.116. The number of carbonyl (C=O) groups excluding carboxylic acids is 2. The number of benzene rings is 2. The first-order chi connectivity index (χ1) is 9.66. The molecule has 0 saturated carbocycles. The van der Waals surface area contributed by atoms with E-state index in [-0.39, 0.29) is 30.3 Å². The van der Waals surface area contributed by atoms with Crippen LogP contribution in [0.15, 0.2) is 54.6 Å². The first-order valence-electron chi connectivity index (χ1n) is 6.33. The molecule has 4 heteroatoms. The summed E-state index contributed by atoms with van der Waals surface area (Å²) in [5.41, 5.74) is 0.951. The van der Waals surface area contributed by atoms with Gasteiger partial charge in [0.15, 0.2) is 5.78 Å². The molecule has 0 aliphatic rings. The molecule has 20 heavy (non-hydrogen) atoms. The van der Waals surface area contributed by atoms with Crippen molar-refractivity contribution in [2.24, 2.45) is 0 Å². The van der Waals surface area contributed by atoms with E-state index in [1.54, 1.807) is 42.5 Å². The van der Waals surface area contributed by atoms with E-state index in [1.807, 2.05) is 6.07 Å². The summed E-state index contributed by atoms with van der Waals surface area (Å²) in [7, 11) is 0. The minimum absolute atomic E-state index is 0.00948. The molecule has 0 aliphatic carbocycles. The topological polar surface area (TPSA) is 66.4 Å². The number of anilines is 1. The zero-order chi connectivity index (χ0) is 14.4. The number of rotatable bonds is 5. The number of nitrogens with one attached hydrogen (secondary N) is 1. The van der Waals surface area contributed by atoms with Crippen molar-refractivity contribution in [3.05, 3.63) is 60.2 Å². The largest absolute Gasteiger partial charge is 0.506 e. The van der Waals surface area contributed by atoms with Crippen LogP contribution in [0.4, 0.5) is 5.69 Å². The molecule has 0 radical (unpaired) electrons. The van der Waals surface area contributed by atoms with Crippen LogP contribution in [-0.2, 0) is 4.79 Å². The molecule has 2 aromatic rings. The van der Waals surface area contributed by atoms with Gasteiger partial charge in [0.1, 0.15) is 5.75 Å². The standard InChI is InChI=1S/C16H15NO3/c18-14(12-6-2-1-3-7-12)10-11-16(20)17-13-8-4-5-9-15(13)19/h1-9,19H,10-11H2,(H,17,20). The maximum atomic E-state index is 11.8. The molecule has 2 aromatic carbocycles. The van der Waals surface area contributed by atoms with Crippen LogP contribution in [0, 0.1) is 0 Å². The van der Waals surface area contributed by atoms with E-state index >= 15 is 0 Å². The second-order valence-electron chi connectivity index (χ2n) is 4.35. The third-order valence-corrected chi connectivity index (χ3v) is 2.85. The zero-order valence-corrected chi connectivity index (χ0v) is 10.9. The average molecular weight is 269 g/mol. The average Bonchev–Trinajstić information content (AvgIpc) is 2.48. The van der Waals surface area contributed by atoms with Crippen molar-refractivity contribution in [1.82, 2.24) is 0 Å². The number of Topliss-reactive ketones (excluding diaryl/α,β-unsaturated/α-hetero) is 1. The Morgan fingerprint density at radius 1 is 0.900 bits per heavy atom. The third-order valence-electron chi connectivity index (χ3n) is 2.85. The Morgan fingerprint density at radius 3 is 2.25 bits per heavy atom. The Bertz CT molecular complexity index is 608. The van der Waals surface area contributed by atoms with Crippen LogP contribution in [0.5, 0.6) is 5.75 Å². The number of ketones is 1. The molecule has 2 rings (SSSR count). The molecule has 0 bridgehead atoms. The van der Waals surface area contributed by atoms with E-state index in [9.17, 15) is 14.7 Å². The van der Waals surface area contributed by atoms with Gasteiger partial charge in [-0.25, -0.2) is 0 Å². The summed E-state index contributed by atoms with van der Waals surface area (Å²) >= 11 is 0. The van der Waals surface area contributed by atoms with Crippen molar-refractivity contribution in [1.29, 1.82) is 0 Å². The summed E-state index contributed by atoms with van der Waals surface area (Å²) in [4.78, 5) is 23.6. The number of aromatic hydroxyl groups is 1. The van der Waals surface area contributed by atoms with Crippen molar-refractivity contribution in [2.75, 3.05) is 5.32 Å². The summed E-state index contributed by atoms with van der Waals surface area (Å²) in [6.07, 6.45) is 0.228. The highest BCUT2D eigenvalue weighted by Gasteiger charge is 2.10. The van der Waals surface area contributed by atoms with Gasteiger partial charge in [-0.15, -0.1) is 0 Å². The van der Waals surface area contributed by atoms with E-state index in [2.05, 4.69) is 5.32 Å². The smallest absolute Gasteiger partial charge is 0.224 e. The van der Waals surface area contributed by atoms with Crippen molar-refractivity contribution in [3.8, 4) is 5.75 Å². The first kappa shape index (κ1) is 13.8. The van der Waals surface area contributed by atoms with E-state index < -0.39 is 0 Å². The molecule has 0 aliphatic heterocycles. The lowest BCUT2D eigenvalue weighted by Gasteiger charge is -2.06. The maximum absolute atomic E-state index is 11.8. The second-order valence-corrected chi connectivity index (χ2v) is 4.35. The maximum Gasteiger partial charge on any atom is 0.224 e. The van der Waals surface area contributed by atoms with Gasteiger partial charge < -0.3 is 10.4 Å². The highest BCUT2D eigenvalue weighted by Crippen LogP contribution is 2.21. The van der Waals surface area contributed by atoms with E-state index in [4.69, 9.17) is 0 Å². The van der Waals surface area contributed by atoms with Gasteiger partial charge in [-0.05, 0) is 12.1 Å². The fraction of sp³-hybridized carbons (Fsp3) is 0.125. The molecule has 0 aromatic heterocycles. The highest BCUT2D eigenvalue weighted by atomic mass is 16.3. The number of phenols is 1. The number of amides is 1. The van der Waals surface area contributed by atoms with Crippen molar-refractivity contribution in [3.63, 3.8) is 0 Å². The van der Waals surface area contributed by atoms with Crippen LogP contribution in [0.25, 0.3) is 0 Å². The predicted molar refractivity (Wildman–Crippen MR) is 76.7 cm³/mol. The molecule has 0 heterocycles. The first-order valence-corrected chi connectivity index (χ1v) is 6.33. The van der Waals surface area contributed by atoms with Crippen LogP contribution in [0.2, 0.25) is 0 Å². The molecule has 0 atom stereocenters. The summed E-state index contributed by atoms with van der Waals surface area (Å²) in [5.74, 6) is -0.357. The van der Waals surface area contributed by atoms with Crippen molar-refractivity contribution in [2.45, 2.75) is 12.8 Å². The summed E-state index contributed by atoms with van der Waals surface area (Å²) in [6.45, 7) is 0. The fourth-order valence-corrected chi connectivity index (χ4v) is 1.79. The quantitative estimate of drug-likeness (QED) is 0.647. The Kier molecular flexibility index (Phi) is 4.50. The Hall–Kier alpha value is -2.62. The third kappa shape index (κ3) is 3.68. The molecular formula is C16H15NO3. The van der Waals surface area contributed by atoms with Gasteiger partial charge >= 0.3 is 0 Å². The van der Waals surface area contributed by atoms with Crippen LogP contribution in [-0.4, -0.2) is 16.8 Å². The Labute approximate surface area is 117 Å². The number of hydrogen-bond donors (Lipinski definition) is 2. The number of hydrogen-bond acceptors (Lipinski definition) is 3. The zero-order valence-electron chi connectivity index (χ0n) is 10.9. The van der Waals surface area contributed by atoms with Gasteiger partial charge in [-0.1, -0.05) is 42.5 Å². The second kappa shape index (κ2) is 6.52. The van der Waals surface area contributed by atoms with Gasteiger partial charge in [0, 0.05) is 18.4 Å². The van der Waals surface area contributed by atoms with Gasteiger partial charge in [0.05, 0.1) is 5.69 Å². The van der Waals surface area contributed by atoms with Gasteiger partial charge in [-0.3, -0.25) is 9.59 Å². The van der Waals surface area contributed by atoms with E-state index in [0.717, 1.165) is 0 Å². The van der Waals surface area contributed by atoms with Crippen LogP contribution in [0.1, 0.15) is 23.2 Å². The van der Waals surface area contributed by atoms with Crippen molar-refractivity contribution >= 4 is 17.4 Å². The minimum Gasteiger partial charge on any atom is -0.506 e. The Morgan fingerprint density at radius 2 is 1.55 bits per heavy atom. The molecular weight excluding hydrogens is 254 g/mol. The summed E-state index contributed by atoms with van der Waals surface area (Å²) in [6, 6.07) is 15.3. The molecule has 1 amide bonds. The molecule has 0 saturated heterocycles. The summed E-state index contributed by atoms with van der Waals surface area (Å²) in [5, 5.41) is 12.1. The van der Waals surface area contributed by atoms with E-state index in [1.165, 1.54) is 6.07 Å². The number of phenolic OH excluding ortho intramolecular Hbond substituents is 1. The number of carbonyl (C=O) groups is 2. The fourth-order valence-electron chi connectivity index (χ4n) is 1.79. The normalized spacial score (nSPS) is 10.0. The van der Waals surface area contributed by atoms with Crippen molar-refractivity contribution < 1.29 is 14.7 Å². The van der Waals surface area contributed by atoms with Crippen LogP contribution >= 0.6 is 0 Å². The molecule has 0 fully saturated rings. The van der Waals surface area contributed by atoms with Gasteiger partial charge in [-0.2, -0.15) is 0 Å². The van der Waals surface area contributed by atoms with Crippen LogP contribution in [0.3, 0.4) is 0 Å². The monoisotopic (exact) mass is 269 g/mol. The van der Waals surface area contributed by atoms with E-state index in [0.29, 0.717) is 11.3 Å². The minimum atomic E-state index is -0.296. The van der Waals surface area contributed by atoms with Gasteiger partial charge in [0.2, 0.25) is 5.91 Å². The predicted octanol–water partition coefficient (Wildman–Crippen LogP) is 2.99.